The average molecular weight is 302 g/mol. The van der Waals surface area contributed by atoms with Crippen LogP contribution in [-0.4, -0.2) is 23.0 Å². The van der Waals surface area contributed by atoms with Crippen molar-refractivity contribution in [2.75, 3.05) is 18.1 Å². The van der Waals surface area contributed by atoms with Gasteiger partial charge >= 0.3 is 0 Å². The Hall–Kier alpha value is -1.06. The number of hydrogen-bond acceptors (Lipinski definition) is 3. The maximum absolute atomic E-state index is 4.58. The van der Waals surface area contributed by atoms with Gasteiger partial charge in [0.2, 0.25) is 0 Å². The van der Waals surface area contributed by atoms with Gasteiger partial charge in [0.05, 0.1) is 5.52 Å². The Morgan fingerprint density at radius 3 is 2.67 bits per heavy atom. The smallest absolute Gasteiger partial charge is 0.0705 e. The van der Waals surface area contributed by atoms with Gasteiger partial charge in [-0.25, -0.2) is 0 Å². The van der Waals surface area contributed by atoms with Gasteiger partial charge in [0, 0.05) is 22.9 Å². The molecule has 0 aliphatic carbocycles. The average Bonchev–Trinajstić information content (AvgIpc) is 2.45. The van der Waals surface area contributed by atoms with Gasteiger partial charge in [-0.2, -0.15) is 11.8 Å². The zero-order valence-electron chi connectivity index (χ0n) is 13.5. The summed E-state index contributed by atoms with van der Waals surface area (Å²) in [5.41, 5.74) is 3.53. The maximum atomic E-state index is 4.58. The molecule has 0 saturated heterocycles. The lowest BCUT2D eigenvalue weighted by atomic mass is 10.0. The van der Waals surface area contributed by atoms with Crippen LogP contribution in [0.25, 0.3) is 10.9 Å². The lowest BCUT2D eigenvalue weighted by molar-refractivity contribution is 0.605. The summed E-state index contributed by atoms with van der Waals surface area (Å²) in [7, 11) is 0. The van der Waals surface area contributed by atoms with Gasteiger partial charge in [-0.3, -0.25) is 4.98 Å². The van der Waals surface area contributed by atoms with E-state index in [-0.39, 0.29) is 0 Å². The normalized spacial score (nSPS) is 13.0. The molecule has 1 aromatic heterocycles. The molecular formula is C18H26N2S. The molecule has 0 spiro atoms. The molecule has 1 heterocycles. The molecule has 1 atom stereocenters. The molecule has 0 radical (unpaired) electrons. The van der Waals surface area contributed by atoms with Crippen LogP contribution in [0.1, 0.15) is 38.1 Å². The summed E-state index contributed by atoms with van der Waals surface area (Å²) >= 11 is 2.03. The first kappa shape index (κ1) is 16.3. The summed E-state index contributed by atoms with van der Waals surface area (Å²) < 4.78 is 0. The number of aryl methyl sites for hydroxylation is 1. The van der Waals surface area contributed by atoms with E-state index in [1.54, 1.807) is 0 Å². The van der Waals surface area contributed by atoms with Gasteiger partial charge in [-0.1, -0.05) is 32.9 Å². The van der Waals surface area contributed by atoms with Crippen LogP contribution in [0.15, 0.2) is 30.3 Å². The first-order chi connectivity index (χ1) is 10.1. The van der Waals surface area contributed by atoms with Crippen molar-refractivity contribution in [3.8, 4) is 0 Å². The van der Waals surface area contributed by atoms with Crippen LogP contribution in [0, 0.1) is 12.8 Å². The third-order valence-corrected chi connectivity index (χ3v) is 4.91. The number of aromatic nitrogens is 1. The molecular weight excluding hydrogens is 276 g/mol. The summed E-state index contributed by atoms with van der Waals surface area (Å²) in [5.74, 6) is 3.09. The lowest BCUT2D eigenvalue weighted by Gasteiger charge is -2.19. The molecule has 0 aliphatic rings. The van der Waals surface area contributed by atoms with E-state index >= 15 is 0 Å². The summed E-state index contributed by atoms with van der Waals surface area (Å²) in [5, 5.41) is 4.84. The van der Waals surface area contributed by atoms with Crippen LogP contribution in [0.2, 0.25) is 0 Å². The first-order valence-electron chi connectivity index (χ1n) is 7.78. The van der Waals surface area contributed by atoms with Gasteiger partial charge in [-0.05, 0) is 48.9 Å². The van der Waals surface area contributed by atoms with E-state index in [1.165, 1.54) is 16.7 Å². The minimum atomic E-state index is 0.421. The molecule has 1 aromatic carbocycles. The van der Waals surface area contributed by atoms with E-state index in [0.717, 1.165) is 29.4 Å². The Labute approximate surface area is 132 Å². The SMILES string of the molecule is CCNC(CSCC(C)C)c1ccc2nc(C)ccc2c1. The molecule has 2 nitrogen and oxygen atoms in total. The Kier molecular flexibility index (Phi) is 6.07. The van der Waals surface area contributed by atoms with Crippen molar-refractivity contribution in [3.05, 3.63) is 41.6 Å². The van der Waals surface area contributed by atoms with Crippen molar-refractivity contribution in [3.63, 3.8) is 0 Å². The number of rotatable bonds is 7. The molecule has 0 bridgehead atoms. The van der Waals surface area contributed by atoms with Crippen LogP contribution < -0.4 is 5.32 Å². The van der Waals surface area contributed by atoms with E-state index in [0.29, 0.717) is 6.04 Å². The van der Waals surface area contributed by atoms with Crippen LogP contribution in [0.5, 0.6) is 0 Å². The summed E-state index contributed by atoms with van der Waals surface area (Å²) in [4.78, 5) is 4.58. The van der Waals surface area contributed by atoms with Crippen molar-refractivity contribution >= 4 is 22.7 Å². The third kappa shape index (κ3) is 4.72. The van der Waals surface area contributed by atoms with E-state index in [9.17, 15) is 0 Å². The Morgan fingerprint density at radius 2 is 1.95 bits per heavy atom. The third-order valence-electron chi connectivity index (χ3n) is 3.44. The Morgan fingerprint density at radius 1 is 1.14 bits per heavy atom. The predicted molar refractivity (Wildman–Crippen MR) is 95.1 cm³/mol. The van der Waals surface area contributed by atoms with Gasteiger partial charge in [0.1, 0.15) is 0 Å². The van der Waals surface area contributed by atoms with Crippen molar-refractivity contribution in [2.45, 2.75) is 33.7 Å². The van der Waals surface area contributed by atoms with Crippen molar-refractivity contribution in [1.82, 2.24) is 10.3 Å². The zero-order valence-corrected chi connectivity index (χ0v) is 14.3. The van der Waals surface area contributed by atoms with E-state index in [1.807, 2.05) is 18.7 Å². The zero-order chi connectivity index (χ0) is 15.2. The predicted octanol–water partition coefficient (Wildman–Crippen LogP) is 4.58. The number of fused-ring (bicyclic) bond motifs is 1. The highest BCUT2D eigenvalue weighted by Crippen LogP contribution is 2.23. The number of thioether (sulfide) groups is 1. The number of nitrogens with one attached hydrogen (secondary N) is 1. The van der Waals surface area contributed by atoms with E-state index in [4.69, 9.17) is 0 Å². The van der Waals surface area contributed by atoms with Crippen molar-refractivity contribution in [2.24, 2.45) is 5.92 Å². The topological polar surface area (TPSA) is 24.9 Å². The van der Waals surface area contributed by atoms with Gasteiger partial charge in [0.25, 0.3) is 0 Å². The molecule has 0 saturated carbocycles. The maximum Gasteiger partial charge on any atom is 0.0705 e. The fraction of sp³-hybridized carbons (Fsp3) is 0.500. The molecule has 0 fully saturated rings. The molecule has 0 amide bonds. The number of nitrogens with zero attached hydrogens (tertiary/aromatic N) is 1. The number of benzene rings is 1. The molecule has 2 rings (SSSR count). The van der Waals surface area contributed by atoms with Crippen LogP contribution in [0.3, 0.4) is 0 Å². The highest BCUT2D eigenvalue weighted by Gasteiger charge is 2.11. The fourth-order valence-corrected chi connectivity index (χ4v) is 3.56. The summed E-state index contributed by atoms with van der Waals surface area (Å²) in [6.45, 7) is 9.76. The first-order valence-corrected chi connectivity index (χ1v) is 8.94. The fourth-order valence-electron chi connectivity index (χ4n) is 2.40. The van der Waals surface area contributed by atoms with Crippen LogP contribution in [0.4, 0.5) is 0 Å². The highest BCUT2D eigenvalue weighted by molar-refractivity contribution is 7.99. The number of pyridine rings is 1. The highest BCUT2D eigenvalue weighted by atomic mass is 32.2. The molecule has 1 N–H and O–H groups in total. The largest absolute Gasteiger partial charge is 0.310 e. The van der Waals surface area contributed by atoms with Crippen molar-refractivity contribution < 1.29 is 0 Å². The molecule has 1 unspecified atom stereocenters. The molecule has 3 heteroatoms. The molecule has 21 heavy (non-hydrogen) atoms. The van der Waals surface area contributed by atoms with E-state index < -0.39 is 0 Å². The summed E-state index contributed by atoms with van der Waals surface area (Å²) in [6, 6.07) is 11.3. The minimum absolute atomic E-state index is 0.421. The van der Waals surface area contributed by atoms with Gasteiger partial charge in [0.15, 0.2) is 0 Å². The lowest BCUT2D eigenvalue weighted by Crippen LogP contribution is -2.23. The minimum Gasteiger partial charge on any atom is -0.310 e. The van der Waals surface area contributed by atoms with Crippen molar-refractivity contribution in [1.29, 1.82) is 0 Å². The monoisotopic (exact) mass is 302 g/mol. The second kappa shape index (κ2) is 7.81. The molecule has 2 aromatic rings. The van der Waals surface area contributed by atoms with E-state index in [2.05, 4.69) is 61.4 Å². The molecule has 0 aliphatic heterocycles. The second-order valence-electron chi connectivity index (χ2n) is 5.95. The Balaban J connectivity index is 2.17. The number of hydrogen-bond donors (Lipinski definition) is 1. The summed E-state index contributed by atoms with van der Waals surface area (Å²) in [6.07, 6.45) is 0. The Bertz CT molecular complexity index is 580. The van der Waals surface area contributed by atoms with Gasteiger partial charge < -0.3 is 5.32 Å². The van der Waals surface area contributed by atoms with Crippen LogP contribution >= 0.6 is 11.8 Å². The van der Waals surface area contributed by atoms with Crippen LogP contribution in [-0.2, 0) is 0 Å². The van der Waals surface area contributed by atoms with Gasteiger partial charge in [-0.15, -0.1) is 0 Å². The standard InChI is InChI=1S/C18H26N2S/c1-5-19-18(12-21-11-13(2)3)16-8-9-17-15(10-16)7-6-14(4)20-17/h6-10,13,18-19H,5,11-12H2,1-4H3. The second-order valence-corrected chi connectivity index (χ2v) is 7.02. The molecule has 114 valence electrons. The quantitative estimate of drug-likeness (QED) is 0.810.